The van der Waals surface area contributed by atoms with Gasteiger partial charge < -0.3 is 20.8 Å². The van der Waals surface area contributed by atoms with Gasteiger partial charge in [0.2, 0.25) is 0 Å². The van der Waals surface area contributed by atoms with Crippen LogP contribution in [-0.2, 0) is 4.79 Å². The number of carbonyl (C=O) groups is 1. The van der Waals surface area contributed by atoms with Crippen LogP contribution in [-0.4, -0.2) is 53.4 Å². The molecule has 0 aromatic heterocycles. The van der Waals surface area contributed by atoms with E-state index in [1.165, 1.54) is 0 Å². The Morgan fingerprint density at radius 1 is 1.62 bits per heavy atom. The zero-order chi connectivity index (χ0) is 10.4. The second-order valence-corrected chi connectivity index (χ2v) is 3.19. The number of aliphatic carboxylic acids is 1. The van der Waals surface area contributed by atoms with Crippen LogP contribution in [0.15, 0.2) is 0 Å². The molecule has 0 aromatic carbocycles. The van der Waals surface area contributed by atoms with Gasteiger partial charge in [-0.3, -0.25) is 4.79 Å². The molecule has 2 unspecified atom stereocenters. The molecule has 0 rings (SSSR count). The third kappa shape index (κ3) is 5.57. The van der Waals surface area contributed by atoms with Gasteiger partial charge in [0.1, 0.15) is 6.04 Å². The molecule has 2 atom stereocenters. The molecule has 0 fully saturated rings. The van der Waals surface area contributed by atoms with Crippen molar-refractivity contribution in [3.8, 4) is 0 Å². The van der Waals surface area contributed by atoms with Gasteiger partial charge in [-0.05, 0) is 13.6 Å². The molecule has 0 spiro atoms. The second kappa shape index (κ2) is 5.90. The average Bonchev–Trinajstić information content (AvgIpc) is 2.03. The summed E-state index contributed by atoms with van der Waals surface area (Å²) in [4.78, 5) is 12.2. The van der Waals surface area contributed by atoms with Crippen LogP contribution in [0.2, 0.25) is 0 Å². The molecule has 0 bridgehead atoms. The van der Waals surface area contributed by atoms with E-state index in [0.29, 0.717) is 6.54 Å². The van der Waals surface area contributed by atoms with E-state index in [1.54, 1.807) is 0 Å². The van der Waals surface area contributed by atoms with Crippen molar-refractivity contribution in [1.29, 1.82) is 0 Å². The highest BCUT2D eigenvalue weighted by Gasteiger charge is 2.17. The Morgan fingerprint density at radius 3 is 2.54 bits per heavy atom. The summed E-state index contributed by atoms with van der Waals surface area (Å²) in [6.45, 7) is 3.24. The zero-order valence-electron chi connectivity index (χ0n) is 8.10. The summed E-state index contributed by atoms with van der Waals surface area (Å²) in [5.41, 5.74) is 5.26. The van der Waals surface area contributed by atoms with Gasteiger partial charge in [-0.1, -0.05) is 6.92 Å². The predicted octanol–water partition coefficient (Wildman–Crippen LogP) is -0.899. The highest BCUT2D eigenvalue weighted by molar-refractivity contribution is 5.73. The Morgan fingerprint density at radius 2 is 2.15 bits per heavy atom. The first-order valence-corrected chi connectivity index (χ1v) is 4.32. The van der Waals surface area contributed by atoms with E-state index in [4.69, 9.17) is 10.8 Å². The first-order valence-electron chi connectivity index (χ1n) is 4.32. The van der Waals surface area contributed by atoms with Crippen molar-refractivity contribution in [2.75, 3.05) is 20.1 Å². The normalized spacial score (nSPS) is 15.8. The Bertz CT molecular complexity index is 163. The number of likely N-dealkylation sites (N-methyl/N-ethyl adjacent to an activating group) is 1. The van der Waals surface area contributed by atoms with Gasteiger partial charge in [-0.15, -0.1) is 0 Å². The van der Waals surface area contributed by atoms with Crippen molar-refractivity contribution in [3.05, 3.63) is 0 Å². The van der Waals surface area contributed by atoms with Crippen molar-refractivity contribution in [2.24, 2.45) is 5.73 Å². The van der Waals surface area contributed by atoms with Gasteiger partial charge in [0.25, 0.3) is 0 Å². The van der Waals surface area contributed by atoms with Crippen LogP contribution in [0, 0.1) is 0 Å². The standard InChI is InChI=1S/C8H18N2O3/c1-3-10(2)5-6(11)4-7(9)8(12)13/h6-7,11H,3-5,9H2,1-2H3,(H,12,13). The van der Waals surface area contributed by atoms with E-state index < -0.39 is 18.1 Å². The quantitative estimate of drug-likeness (QED) is 0.505. The molecule has 0 radical (unpaired) electrons. The summed E-state index contributed by atoms with van der Waals surface area (Å²) in [5.74, 6) is -1.07. The number of aliphatic hydroxyl groups excluding tert-OH is 1. The SMILES string of the molecule is CCN(C)CC(O)CC(N)C(=O)O. The van der Waals surface area contributed by atoms with E-state index in [-0.39, 0.29) is 6.42 Å². The van der Waals surface area contributed by atoms with E-state index in [0.717, 1.165) is 6.54 Å². The average molecular weight is 190 g/mol. The van der Waals surface area contributed by atoms with Crippen LogP contribution in [0.5, 0.6) is 0 Å². The zero-order valence-corrected chi connectivity index (χ0v) is 8.10. The summed E-state index contributed by atoms with van der Waals surface area (Å²) in [5, 5.41) is 17.9. The third-order valence-corrected chi connectivity index (χ3v) is 1.91. The van der Waals surface area contributed by atoms with E-state index in [1.807, 2.05) is 18.9 Å². The second-order valence-electron chi connectivity index (χ2n) is 3.19. The first-order chi connectivity index (χ1) is 5.97. The van der Waals surface area contributed by atoms with E-state index in [9.17, 15) is 9.90 Å². The number of nitrogens with two attached hydrogens (primary N) is 1. The maximum absolute atomic E-state index is 10.3. The third-order valence-electron chi connectivity index (χ3n) is 1.91. The van der Waals surface area contributed by atoms with Gasteiger partial charge in [-0.2, -0.15) is 0 Å². The van der Waals surface area contributed by atoms with Gasteiger partial charge in [0.15, 0.2) is 0 Å². The lowest BCUT2D eigenvalue weighted by Gasteiger charge is -2.19. The molecule has 5 heteroatoms. The topological polar surface area (TPSA) is 86.8 Å². The Kier molecular flexibility index (Phi) is 5.61. The largest absolute Gasteiger partial charge is 0.480 e. The summed E-state index contributed by atoms with van der Waals surface area (Å²) in [7, 11) is 1.86. The fourth-order valence-electron chi connectivity index (χ4n) is 0.957. The molecule has 4 N–H and O–H groups in total. The first kappa shape index (κ1) is 12.3. The minimum absolute atomic E-state index is 0.0969. The molecule has 0 aliphatic rings. The van der Waals surface area contributed by atoms with Crippen molar-refractivity contribution < 1.29 is 15.0 Å². The summed E-state index contributed by atoms with van der Waals surface area (Å²) < 4.78 is 0. The number of nitrogens with zero attached hydrogens (tertiary/aromatic N) is 1. The lowest BCUT2D eigenvalue weighted by Crippen LogP contribution is -2.38. The molecular formula is C8H18N2O3. The lowest BCUT2D eigenvalue weighted by molar-refractivity contribution is -0.139. The van der Waals surface area contributed by atoms with Crippen LogP contribution >= 0.6 is 0 Å². The van der Waals surface area contributed by atoms with E-state index in [2.05, 4.69) is 0 Å². The number of aliphatic hydroxyl groups is 1. The fraction of sp³-hybridized carbons (Fsp3) is 0.875. The predicted molar refractivity (Wildman–Crippen MR) is 49.4 cm³/mol. The molecule has 0 aliphatic heterocycles. The van der Waals surface area contributed by atoms with Crippen molar-refractivity contribution in [2.45, 2.75) is 25.5 Å². The Balaban J connectivity index is 3.73. The number of carboxylic acids is 1. The molecule has 0 aromatic rings. The maximum Gasteiger partial charge on any atom is 0.320 e. The van der Waals surface area contributed by atoms with Crippen LogP contribution in [0.3, 0.4) is 0 Å². The molecule has 0 saturated heterocycles. The van der Waals surface area contributed by atoms with Gasteiger partial charge in [-0.25, -0.2) is 0 Å². The molecule has 0 aliphatic carbocycles. The monoisotopic (exact) mass is 190 g/mol. The van der Waals surface area contributed by atoms with Crippen LogP contribution in [0.25, 0.3) is 0 Å². The molecule has 0 heterocycles. The molecule has 0 amide bonds. The molecule has 13 heavy (non-hydrogen) atoms. The molecule has 5 nitrogen and oxygen atoms in total. The van der Waals surface area contributed by atoms with Gasteiger partial charge in [0, 0.05) is 13.0 Å². The number of rotatable bonds is 6. The molecule has 78 valence electrons. The van der Waals surface area contributed by atoms with Crippen molar-refractivity contribution >= 4 is 5.97 Å². The fourth-order valence-corrected chi connectivity index (χ4v) is 0.957. The summed E-state index contributed by atoms with van der Waals surface area (Å²) >= 11 is 0. The highest BCUT2D eigenvalue weighted by Crippen LogP contribution is 1.98. The van der Waals surface area contributed by atoms with Crippen molar-refractivity contribution in [3.63, 3.8) is 0 Å². The summed E-state index contributed by atoms with van der Waals surface area (Å²) in [6, 6.07) is -0.972. The molecular weight excluding hydrogens is 172 g/mol. The Labute approximate surface area is 78.1 Å². The van der Waals surface area contributed by atoms with Crippen LogP contribution in [0.4, 0.5) is 0 Å². The van der Waals surface area contributed by atoms with Gasteiger partial charge >= 0.3 is 5.97 Å². The van der Waals surface area contributed by atoms with Gasteiger partial charge in [0.05, 0.1) is 6.10 Å². The minimum Gasteiger partial charge on any atom is -0.480 e. The van der Waals surface area contributed by atoms with Crippen LogP contribution < -0.4 is 5.73 Å². The van der Waals surface area contributed by atoms with Crippen LogP contribution in [0.1, 0.15) is 13.3 Å². The lowest BCUT2D eigenvalue weighted by atomic mass is 10.1. The number of hydrogen-bond acceptors (Lipinski definition) is 4. The molecule has 0 saturated carbocycles. The number of carboxylic acid groups (broad SMARTS) is 1. The summed E-state index contributed by atoms with van der Waals surface area (Å²) in [6.07, 6.45) is -0.573. The minimum atomic E-state index is -1.07. The maximum atomic E-state index is 10.3. The van der Waals surface area contributed by atoms with Crippen molar-refractivity contribution in [1.82, 2.24) is 4.90 Å². The Hall–Kier alpha value is -0.650. The highest BCUT2D eigenvalue weighted by atomic mass is 16.4. The number of hydrogen-bond donors (Lipinski definition) is 3. The smallest absolute Gasteiger partial charge is 0.320 e. The van der Waals surface area contributed by atoms with E-state index >= 15 is 0 Å².